The fraction of sp³-hybridized carbons (Fsp3) is 0.882. The predicted octanol–water partition coefficient (Wildman–Crippen LogP) is 7.64. The second kappa shape index (κ2) is 10.2. The first-order valence-electron chi connectivity index (χ1n) is 15.6. The van der Waals surface area contributed by atoms with Crippen molar-refractivity contribution in [2.45, 2.75) is 145 Å². The molecule has 5 unspecified atom stereocenters. The van der Waals surface area contributed by atoms with E-state index in [1.54, 1.807) is 6.92 Å². The molecule has 4 rings (SSSR count). The van der Waals surface area contributed by atoms with Crippen LogP contribution in [0.4, 0.5) is 0 Å². The molecule has 0 aromatic carbocycles. The van der Waals surface area contributed by atoms with Gasteiger partial charge in [-0.2, -0.15) is 0 Å². The maximum Gasteiger partial charge on any atom is 0.302 e. The van der Waals surface area contributed by atoms with E-state index >= 15 is 0 Å². The van der Waals surface area contributed by atoms with Crippen molar-refractivity contribution >= 4 is 11.9 Å². The van der Waals surface area contributed by atoms with E-state index < -0.39 is 5.60 Å². The normalized spacial score (nSPS) is 44.2. The van der Waals surface area contributed by atoms with Gasteiger partial charge in [0.05, 0.1) is 5.60 Å². The number of fused-ring (bicyclic) bond motifs is 5. The summed E-state index contributed by atoms with van der Waals surface area (Å²) in [5.41, 5.74) is 0.511. The fourth-order valence-electron chi connectivity index (χ4n) is 11.0. The van der Waals surface area contributed by atoms with Gasteiger partial charge < -0.3 is 14.6 Å². The molecule has 4 saturated carbocycles. The van der Waals surface area contributed by atoms with Gasteiger partial charge in [0.1, 0.15) is 12.2 Å². The number of esters is 2. The van der Waals surface area contributed by atoms with Gasteiger partial charge in [-0.15, -0.1) is 0 Å². The van der Waals surface area contributed by atoms with E-state index in [1.807, 2.05) is 6.92 Å². The Bertz CT molecular complexity index is 992. The molecule has 10 atom stereocenters. The van der Waals surface area contributed by atoms with Crippen molar-refractivity contribution in [1.82, 2.24) is 0 Å². The summed E-state index contributed by atoms with van der Waals surface area (Å²) in [4.78, 5) is 24.5. The molecule has 39 heavy (non-hydrogen) atoms. The quantitative estimate of drug-likeness (QED) is 0.275. The third-order valence-corrected chi connectivity index (χ3v) is 12.9. The highest BCUT2D eigenvalue weighted by molar-refractivity contribution is 5.66. The van der Waals surface area contributed by atoms with Crippen LogP contribution in [-0.2, 0) is 19.1 Å². The van der Waals surface area contributed by atoms with Crippen LogP contribution in [0.25, 0.3) is 0 Å². The first kappa shape index (κ1) is 30.6. The lowest BCUT2D eigenvalue weighted by Crippen LogP contribution is -2.67. The molecule has 4 fully saturated rings. The lowest BCUT2D eigenvalue weighted by Gasteiger charge is -2.70. The van der Waals surface area contributed by atoms with Gasteiger partial charge in [0.2, 0.25) is 0 Å². The zero-order chi connectivity index (χ0) is 29.2. The summed E-state index contributed by atoms with van der Waals surface area (Å²) in [5.74, 6) is 0.697. The summed E-state index contributed by atoms with van der Waals surface area (Å²) in [6.07, 6.45) is 10.6. The van der Waals surface area contributed by atoms with Gasteiger partial charge in [-0.05, 0) is 113 Å². The maximum absolute atomic E-state index is 12.5. The van der Waals surface area contributed by atoms with Gasteiger partial charge in [-0.25, -0.2) is 0 Å². The Kier molecular flexibility index (Phi) is 7.98. The minimum atomic E-state index is -0.804. The van der Waals surface area contributed by atoms with E-state index in [9.17, 15) is 14.7 Å². The van der Waals surface area contributed by atoms with Crippen LogP contribution >= 0.6 is 0 Å². The molecule has 0 heterocycles. The van der Waals surface area contributed by atoms with Gasteiger partial charge in [0, 0.05) is 25.2 Å². The highest BCUT2D eigenvalue weighted by atomic mass is 16.5. The number of rotatable bonds is 6. The largest absolute Gasteiger partial charge is 0.462 e. The summed E-state index contributed by atoms with van der Waals surface area (Å²) in [5, 5.41) is 11.9. The Labute approximate surface area is 237 Å². The summed E-state index contributed by atoms with van der Waals surface area (Å²) in [7, 11) is 0. The van der Waals surface area contributed by atoms with Crippen molar-refractivity contribution < 1.29 is 24.2 Å². The van der Waals surface area contributed by atoms with Crippen molar-refractivity contribution in [3.8, 4) is 0 Å². The Morgan fingerprint density at radius 1 is 0.872 bits per heavy atom. The van der Waals surface area contributed by atoms with Crippen LogP contribution in [0.15, 0.2) is 11.6 Å². The molecule has 0 aromatic heterocycles. The average molecular weight is 545 g/mol. The van der Waals surface area contributed by atoms with Gasteiger partial charge in [0.25, 0.3) is 0 Å². The van der Waals surface area contributed by atoms with Crippen LogP contribution in [0.5, 0.6) is 0 Å². The van der Waals surface area contributed by atoms with Crippen LogP contribution in [0.3, 0.4) is 0 Å². The third-order valence-electron chi connectivity index (χ3n) is 12.9. The number of aliphatic hydroxyl groups is 1. The third kappa shape index (κ3) is 4.91. The van der Waals surface area contributed by atoms with Gasteiger partial charge in [-0.3, -0.25) is 9.59 Å². The number of ether oxygens (including phenoxy) is 2. The minimum Gasteiger partial charge on any atom is -0.462 e. The monoisotopic (exact) mass is 544 g/mol. The second-order valence-electron chi connectivity index (χ2n) is 15.7. The SMILES string of the molecule is CC(=O)O[C@@H]1CC2[C@@]3(C)CC[C@@H](OC(C)=O)C(C)(C)C3CC[C@@]2(C)[C@]2(C)CCC(C(C)(O)CCC=C(C)C)C12. The Hall–Kier alpha value is -1.36. The number of carbonyl (C=O) groups excluding carboxylic acids is 2. The first-order valence-corrected chi connectivity index (χ1v) is 15.6. The molecule has 222 valence electrons. The van der Waals surface area contributed by atoms with E-state index in [0.29, 0.717) is 11.8 Å². The van der Waals surface area contributed by atoms with Gasteiger partial charge >= 0.3 is 11.9 Å². The van der Waals surface area contributed by atoms with Crippen LogP contribution in [0.2, 0.25) is 0 Å². The van der Waals surface area contributed by atoms with E-state index in [-0.39, 0.29) is 57.6 Å². The maximum atomic E-state index is 12.5. The predicted molar refractivity (Wildman–Crippen MR) is 155 cm³/mol. The molecule has 0 aliphatic heterocycles. The fourth-order valence-corrected chi connectivity index (χ4v) is 11.0. The number of allylic oxidation sites excluding steroid dienone is 2. The molecule has 0 saturated heterocycles. The van der Waals surface area contributed by atoms with Crippen molar-refractivity contribution in [1.29, 1.82) is 0 Å². The summed E-state index contributed by atoms with van der Waals surface area (Å²) < 4.78 is 12.1. The topological polar surface area (TPSA) is 72.8 Å². The number of hydrogen-bond donors (Lipinski definition) is 1. The lowest BCUT2D eigenvalue weighted by atomic mass is 9.35. The van der Waals surface area contributed by atoms with Crippen molar-refractivity contribution in [3.63, 3.8) is 0 Å². The molecule has 1 N–H and O–H groups in total. The van der Waals surface area contributed by atoms with E-state index in [2.05, 4.69) is 54.5 Å². The second-order valence-corrected chi connectivity index (χ2v) is 15.7. The molecule has 0 amide bonds. The van der Waals surface area contributed by atoms with Crippen LogP contribution in [-0.4, -0.2) is 34.9 Å². The van der Waals surface area contributed by atoms with Crippen molar-refractivity contribution in [2.75, 3.05) is 0 Å². The van der Waals surface area contributed by atoms with E-state index in [0.717, 1.165) is 57.8 Å². The Balaban J connectivity index is 1.72. The smallest absolute Gasteiger partial charge is 0.302 e. The van der Waals surface area contributed by atoms with Gasteiger partial charge in [-0.1, -0.05) is 46.3 Å². The molecular formula is C34H56O5. The first-order chi connectivity index (χ1) is 17.9. The molecule has 5 nitrogen and oxygen atoms in total. The van der Waals surface area contributed by atoms with Gasteiger partial charge in [0.15, 0.2) is 0 Å². The average Bonchev–Trinajstić information content (AvgIpc) is 3.17. The van der Waals surface area contributed by atoms with E-state index in [1.165, 1.54) is 12.5 Å². The number of carbonyl (C=O) groups is 2. The summed E-state index contributed by atoms with van der Waals surface area (Å²) in [6.45, 7) is 21.4. The summed E-state index contributed by atoms with van der Waals surface area (Å²) in [6, 6.07) is 0. The zero-order valence-corrected chi connectivity index (χ0v) is 26.5. The zero-order valence-electron chi connectivity index (χ0n) is 26.5. The molecular weight excluding hydrogens is 488 g/mol. The molecule has 0 aromatic rings. The molecule has 4 aliphatic rings. The van der Waals surface area contributed by atoms with Crippen LogP contribution < -0.4 is 0 Å². The molecule has 4 aliphatic carbocycles. The van der Waals surface area contributed by atoms with E-state index in [4.69, 9.17) is 9.47 Å². The number of hydrogen-bond acceptors (Lipinski definition) is 5. The summed E-state index contributed by atoms with van der Waals surface area (Å²) >= 11 is 0. The Morgan fingerprint density at radius 2 is 1.49 bits per heavy atom. The molecule has 0 bridgehead atoms. The van der Waals surface area contributed by atoms with Crippen LogP contribution in [0.1, 0.15) is 127 Å². The van der Waals surface area contributed by atoms with Crippen molar-refractivity contribution in [3.05, 3.63) is 11.6 Å². The molecule has 0 radical (unpaired) electrons. The molecule has 5 heteroatoms. The molecule has 0 spiro atoms. The van der Waals surface area contributed by atoms with Crippen LogP contribution in [0, 0.1) is 45.3 Å². The lowest BCUT2D eigenvalue weighted by molar-refractivity contribution is -0.252. The Morgan fingerprint density at radius 3 is 2.08 bits per heavy atom. The highest BCUT2D eigenvalue weighted by Crippen LogP contribution is 2.76. The van der Waals surface area contributed by atoms with Crippen molar-refractivity contribution in [2.24, 2.45) is 45.3 Å². The standard InChI is InChI=1S/C34H56O5/c1-21(2)12-11-16-34(10,37)24-13-18-33(9)29(24)25(38-22(3)35)20-27-31(7)17-15-28(39-23(4)36)30(5,6)26(31)14-19-32(27,33)8/h12,24-29,37H,11,13-20H2,1-10H3/t24?,25-,26?,27?,28-,29?,31+,32-,33-,34?/m1/s1. The minimum absolute atomic E-state index is 0.0218. The highest BCUT2D eigenvalue weighted by Gasteiger charge is 2.72.